The second kappa shape index (κ2) is 7.50. The van der Waals surface area contributed by atoms with E-state index in [0.717, 1.165) is 25.7 Å². The van der Waals surface area contributed by atoms with E-state index in [1.54, 1.807) is 7.05 Å². The van der Waals surface area contributed by atoms with Gasteiger partial charge in [0, 0.05) is 18.7 Å². The monoisotopic (exact) mass is 274 g/mol. The highest BCUT2D eigenvalue weighted by molar-refractivity contribution is 7.89. The smallest absolute Gasteiger partial charge is 0.257 e. The second-order valence-electron chi connectivity index (χ2n) is 4.21. The highest BCUT2D eigenvalue weighted by Crippen LogP contribution is 2.11. The zero-order chi connectivity index (χ0) is 13.4. The lowest BCUT2D eigenvalue weighted by Gasteiger charge is -2.06. The number of nitrogens with one attached hydrogen (secondary N) is 3. The van der Waals surface area contributed by atoms with Crippen LogP contribution >= 0.6 is 0 Å². The van der Waals surface area contributed by atoms with Crippen molar-refractivity contribution in [3.8, 4) is 0 Å². The van der Waals surface area contributed by atoms with Gasteiger partial charge in [0.15, 0.2) is 5.03 Å². The standard InChI is InChI=1S/C11H22N4O2S/c1-3-4-5-6-7-14-18(16,17)11-10(8-12-2)9-13-15-11/h9,12,14H,3-8H2,1-2H3,(H,13,15). The first-order chi connectivity index (χ1) is 8.61. The van der Waals surface area contributed by atoms with E-state index in [9.17, 15) is 8.42 Å². The van der Waals surface area contributed by atoms with E-state index in [-0.39, 0.29) is 5.03 Å². The molecule has 3 N–H and O–H groups in total. The molecule has 1 aromatic rings. The summed E-state index contributed by atoms with van der Waals surface area (Å²) < 4.78 is 26.6. The van der Waals surface area contributed by atoms with E-state index >= 15 is 0 Å². The van der Waals surface area contributed by atoms with E-state index in [1.165, 1.54) is 6.20 Å². The van der Waals surface area contributed by atoms with Gasteiger partial charge in [-0.2, -0.15) is 5.10 Å². The maximum atomic E-state index is 12.0. The van der Waals surface area contributed by atoms with Crippen LogP contribution in [0.15, 0.2) is 11.2 Å². The molecule has 0 unspecified atom stereocenters. The molecule has 0 aliphatic rings. The molecule has 0 atom stereocenters. The summed E-state index contributed by atoms with van der Waals surface area (Å²) >= 11 is 0. The van der Waals surface area contributed by atoms with Gasteiger partial charge in [-0.1, -0.05) is 26.2 Å². The van der Waals surface area contributed by atoms with Gasteiger partial charge >= 0.3 is 0 Å². The maximum absolute atomic E-state index is 12.0. The number of hydrogen-bond donors (Lipinski definition) is 3. The van der Waals surface area contributed by atoms with Gasteiger partial charge < -0.3 is 5.32 Å². The quantitative estimate of drug-likeness (QED) is 0.586. The van der Waals surface area contributed by atoms with Crippen LogP contribution in [0, 0.1) is 0 Å². The van der Waals surface area contributed by atoms with Crippen LogP contribution in [0.1, 0.15) is 38.2 Å². The Kier molecular flexibility index (Phi) is 6.31. The molecule has 0 aromatic carbocycles. The molecule has 0 bridgehead atoms. The van der Waals surface area contributed by atoms with Crippen LogP contribution in [0.2, 0.25) is 0 Å². The summed E-state index contributed by atoms with van der Waals surface area (Å²) in [7, 11) is -1.70. The average molecular weight is 274 g/mol. The van der Waals surface area contributed by atoms with Crippen LogP contribution < -0.4 is 10.0 Å². The molecular weight excluding hydrogens is 252 g/mol. The van der Waals surface area contributed by atoms with Gasteiger partial charge in [-0.15, -0.1) is 0 Å². The van der Waals surface area contributed by atoms with E-state index in [4.69, 9.17) is 0 Å². The lowest BCUT2D eigenvalue weighted by atomic mass is 10.2. The molecule has 18 heavy (non-hydrogen) atoms. The van der Waals surface area contributed by atoms with E-state index in [1.807, 2.05) is 0 Å². The molecule has 0 amide bonds. The maximum Gasteiger partial charge on any atom is 0.257 e. The third kappa shape index (κ3) is 4.40. The first-order valence-electron chi connectivity index (χ1n) is 6.28. The Bertz CT molecular complexity index is 442. The molecular formula is C11H22N4O2S. The third-order valence-electron chi connectivity index (χ3n) is 2.64. The number of sulfonamides is 1. The predicted molar refractivity (Wildman–Crippen MR) is 70.7 cm³/mol. The summed E-state index contributed by atoms with van der Waals surface area (Å²) in [6.45, 7) is 3.07. The largest absolute Gasteiger partial charge is 0.316 e. The van der Waals surface area contributed by atoms with Crippen molar-refractivity contribution in [2.24, 2.45) is 0 Å². The molecule has 0 saturated carbocycles. The molecule has 0 saturated heterocycles. The summed E-state index contributed by atoms with van der Waals surface area (Å²) in [6, 6.07) is 0. The van der Waals surface area contributed by atoms with Crippen LogP contribution in [-0.2, 0) is 16.6 Å². The Morgan fingerprint density at radius 1 is 1.33 bits per heavy atom. The Morgan fingerprint density at radius 3 is 2.78 bits per heavy atom. The molecule has 0 radical (unpaired) electrons. The molecule has 6 nitrogen and oxygen atoms in total. The number of nitrogens with zero attached hydrogens (tertiary/aromatic N) is 1. The normalized spacial score (nSPS) is 11.9. The Morgan fingerprint density at radius 2 is 2.11 bits per heavy atom. The first-order valence-corrected chi connectivity index (χ1v) is 7.76. The molecule has 1 rings (SSSR count). The fourth-order valence-corrected chi connectivity index (χ4v) is 2.88. The van der Waals surface area contributed by atoms with Crippen molar-refractivity contribution < 1.29 is 8.42 Å². The highest BCUT2D eigenvalue weighted by atomic mass is 32.2. The molecule has 0 aliphatic heterocycles. The van der Waals surface area contributed by atoms with Crippen molar-refractivity contribution in [1.29, 1.82) is 0 Å². The van der Waals surface area contributed by atoms with Crippen molar-refractivity contribution in [2.45, 2.75) is 44.2 Å². The van der Waals surface area contributed by atoms with Crippen LogP contribution in [0.4, 0.5) is 0 Å². The minimum atomic E-state index is -3.47. The summed E-state index contributed by atoms with van der Waals surface area (Å²) in [5.74, 6) is 0. The topological polar surface area (TPSA) is 86.9 Å². The van der Waals surface area contributed by atoms with Crippen molar-refractivity contribution in [1.82, 2.24) is 20.2 Å². The van der Waals surface area contributed by atoms with Crippen molar-refractivity contribution in [3.05, 3.63) is 11.8 Å². The zero-order valence-electron chi connectivity index (χ0n) is 11.0. The van der Waals surface area contributed by atoms with Gasteiger partial charge in [0.05, 0.1) is 6.20 Å². The van der Waals surface area contributed by atoms with Crippen LogP contribution in [-0.4, -0.2) is 32.2 Å². The molecule has 1 aromatic heterocycles. The fraction of sp³-hybridized carbons (Fsp3) is 0.727. The number of rotatable bonds is 9. The predicted octanol–water partition coefficient (Wildman–Crippen LogP) is 0.988. The number of aromatic amines is 1. The third-order valence-corrected chi connectivity index (χ3v) is 4.11. The van der Waals surface area contributed by atoms with E-state index in [2.05, 4.69) is 27.2 Å². The van der Waals surface area contributed by atoms with Gasteiger partial charge in [-0.25, -0.2) is 13.1 Å². The van der Waals surface area contributed by atoms with Gasteiger partial charge in [0.25, 0.3) is 10.0 Å². The molecule has 0 spiro atoms. The van der Waals surface area contributed by atoms with Crippen molar-refractivity contribution >= 4 is 10.0 Å². The second-order valence-corrected chi connectivity index (χ2v) is 5.92. The number of H-pyrrole nitrogens is 1. The van der Waals surface area contributed by atoms with Gasteiger partial charge in [-0.05, 0) is 13.5 Å². The number of aromatic nitrogens is 2. The van der Waals surface area contributed by atoms with E-state index < -0.39 is 10.0 Å². The number of hydrogen-bond acceptors (Lipinski definition) is 4. The highest BCUT2D eigenvalue weighted by Gasteiger charge is 2.19. The van der Waals surface area contributed by atoms with Crippen molar-refractivity contribution in [3.63, 3.8) is 0 Å². The Hall–Kier alpha value is -0.920. The zero-order valence-corrected chi connectivity index (χ0v) is 11.8. The van der Waals surface area contributed by atoms with E-state index in [0.29, 0.717) is 18.7 Å². The minimum absolute atomic E-state index is 0.160. The van der Waals surface area contributed by atoms with Gasteiger partial charge in [0.1, 0.15) is 0 Å². The SMILES string of the molecule is CCCCCCNS(=O)(=O)c1[nH]ncc1CNC. The molecule has 0 fully saturated rings. The average Bonchev–Trinajstić information content (AvgIpc) is 2.78. The Labute approximate surface area is 109 Å². The van der Waals surface area contributed by atoms with Gasteiger partial charge in [0.2, 0.25) is 0 Å². The lowest BCUT2D eigenvalue weighted by Crippen LogP contribution is -2.26. The summed E-state index contributed by atoms with van der Waals surface area (Å²) in [6.07, 6.45) is 5.71. The van der Waals surface area contributed by atoms with Gasteiger partial charge in [-0.3, -0.25) is 5.10 Å². The summed E-state index contributed by atoms with van der Waals surface area (Å²) in [5.41, 5.74) is 0.651. The molecule has 104 valence electrons. The molecule has 7 heteroatoms. The summed E-state index contributed by atoms with van der Waals surface area (Å²) in [5, 5.41) is 9.40. The van der Waals surface area contributed by atoms with Crippen LogP contribution in [0.3, 0.4) is 0 Å². The van der Waals surface area contributed by atoms with Crippen molar-refractivity contribution in [2.75, 3.05) is 13.6 Å². The Balaban J connectivity index is 2.54. The van der Waals surface area contributed by atoms with Crippen LogP contribution in [0.5, 0.6) is 0 Å². The lowest BCUT2D eigenvalue weighted by molar-refractivity contribution is 0.567. The first kappa shape index (κ1) is 15.1. The number of unbranched alkanes of at least 4 members (excludes halogenated alkanes) is 3. The molecule has 0 aliphatic carbocycles. The fourth-order valence-electron chi connectivity index (χ4n) is 1.68. The minimum Gasteiger partial charge on any atom is -0.316 e. The summed E-state index contributed by atoms with van der Waals surface area (Å²) in [4.78, 5) is 0. The van der Waals surface area contributed by atoms with Crippen LogP contribution in [0.25, 0.3) is 0 Å². The molecule has 1 heterocycles.